The van der Waals surface area contributed by atoms with Gasteiger partial charge in [0.1, 0.15) is 11.8 Å². The van der Waals surface area contributed by atoms with Crippen LogP contribution in [-0.2, 0) is 14.3 Å². The number of amides is 1. The molecule has 1 aliphatic heterocycles. The van der Waals surface area contributed by atoms with Gasteiger partial charge in [-0.1, -0.05) is 51.6 Å². The maximum Gasteiger partial charge on any atom is 0.331 e. The van der Waals surface area contributed by atoms with Crippen LogP contribution in [0.1, 0.15) is 89.1 Å². The Balaban J connectivity index is 2.21. The van der Waals surface area contributed by atoms with Crippen molar-refractivity contribution in [2.24, 2.45) is 5.92 Å². The summed E-state index contributed by atoms with van der Waals surface area (Å²) in [6.07, 6.45) is 10.4. The van der Waals surface area contributed by atoms with Crippen molar-refractivity contribution in [2.45, 2.75) is 91.9 Å². The van der Waals surface area contributed by atoms with Crippen LogP contribution >= 0.6 is 0 Å². The SMILES string of the molecule is C=CC(C)(CC)OC(=O)/C=C(/C)CC(CC)CN(/C=c1/c(C)c(C(=O)NNC2CCCCO2)ccc1=C)C(=C)C. The van der Waals surface area contributed by atoms with Gasteiger partial charge in [-0.2, -0.15) is 0 Å². The van der Waals surface area contributed by atoms with E-state index in [-0.39, 0.29) is 24.0 Å². The normalized spacial score (nSPS) is 18.4. The third-order valence-electron chi connectivity index (χ3n) is 7.63. The number of benzene rings is 1. The van der Waals surface area contributed by atoms with E-state index in [1.54, 1.807) is 18.2 Å². The number of nitrogens with one attached hydrogen (secondary N) is 2. The van der Waals surface area contributed by atoms with Crippen LogP contribution in [-0.4, -0.2) is 41.8 Å². The monoisotopic (exact) mass is 551 g/mol. The number of carbonyl (C=O) groups is 2. The number of allylic oxidation sites excluding steroid dienone is 2. The number of carbonyl (C=O) groups excluding carboxylic acids is 2. The van der Waals surface area contributed by atoms with E-state index >= 15 is 0 Å². The van der Waals surface area contributed by atoms with Crippen molar-refractivity contribution in [3.8, 4) is 0 Å². The summed E-state index contributed by atoms with van der Waals surface area (Å²) in [5, 5.41) is 1.72. The maximum absolute atomic E-state index is 13.0. The molecule has 0 spiro atoms. The lowest BCUT2D eigenvalue weighted by atomic mass is 9.96. The van der Waals surface area contributed by atoms with Crippen LogP contribution < -0.4 is 21.3 Å². The molecule has 3 unspecified atom stereocenters. The summed E-state index contributed by atoms with van der Waals surface area (Å²) < 4.78 is 11.3. The van der Waals surface area contributed by atoms with Crippen molar-refractivity contribution in [2.75, 3.05) is 13.2 Å². The largest absolute Gasteiger partial charge is 0.452 e. The fourth-order valence-electron chi connectivity index (χ4n) is 4.60. The molecule has 7 heteroatoms. The first kappa shape index (κ1) is 33.0. The fraction of sp³-hybridized carbons (Fsp3) is 0.515. The number of hydrazine groups is 1. The smallest absolute Gasteiger partial charge is 0.331 e. The summed E-state index contributed by atoms with van der Waals surface area (Å²) in [7, 11) is 0. The molecule has 1 aromatic carbocycles. The van der Waals surface area contributed by atoms with E-state index in [0.29, 0.717) is 25.1 Å². The molecule has 3 atom stereocenters. The van der Waals surface area contributed by atoms with Crippen molar-refractivity contribution in [3.63, 3.8) is 0 Å². The number of hydrogen-bond acceptors (Lipinski definition) is 6. The lowest BCUT2D eigenvalue weighted by Gasteiger charge is -2.27. The zero-order chi connectivity index (χ0) is 29.9. The second kappa shape index (κ2) is 15.6. The molecule has 2 rings (SSSR count). The standard InChI is InChI=1S/C33H49N3O4/c1-10-27(19-24(6)20-31(37)40-33(9,11-2)12-3)21-36(23(4)5)22-29-25(7)16-17-28(26(29)8)32(38)35-34-30-15-13-14-18-39-30/h11,16-17,20,22,27,30,34H,2,4,7,10,12-15,18-19,21H2,1,3,5-6,8-9H3,(H,35,38)/b24-20-,29-22+. The molecule has 40 heavy (non-hydrogen) atoms. The minimum atomic E-state index is -0.668. The molecule has 0 radical (unpaired) electrons. The Morgan fingerprint density at radius 3 is 2.58 bits per heavy atom. The van der Waals surface area contributed by atoms with Crippen LogP contribution in [0.15, 0.2) is 48.7 Å². The van der Waals surface area contributed by atoms with Crippen molar-refractivity contribution in [1.29, 1.82) is 0 Å². The van der Waals surface area contributed by atoms with Crippen molar-refractivity contribution in [3.05, 3.63) is 70.3 Å². The molecule has 0 aromatic heterocycles. The van der Waals surface area contributed by atoms with Gasteiger partial charge in [-0.05, 0) is 88.6 Å². The van der Waals surface area contributed by atoms with Crippen LogP contribution in [0, 0.1) is 12.8 Å². The Labute approximate surface area is 240 Å². The maximum atomic E-state index is 13.0. The lowest BCUT2D eigenvalue weighted by molar-refractivity contribution is -0.147. The third-order valence-corrected chi connectivity index (χ3v) is 7.63. The molecule has 7 nitrogen and oxygen atoms in total. The number of esters is 1. The molecule has 1 aromatic rings. The van der Waals surface area contributed by atoms with E-state index in [4.69, 9.17) is 9.47 Å². The summed E-state index contributed by atoms with van der Waals surface area (Å²) in [5.74, 6) is -0.288. The predicted molar refractivity (Wildman–Crippen MR) is 163 cm³/mol. The van der Waals surface area contributed by atoms with Crippen molar-refractivity contribution in [1.82, 2.24) is 15.8 Å². The van der Waals surface area contributed by atoms with Crippen molar-refractivity contribution < 1.29 is 19.1 Å². The summed E-state index contributed by atoms with van der Waals surface area (Å²) in [5.41, 5.74) is 8.41. The van der Waals surface area contributed by atoms with E-state index in [1.165, 1.54) is 0 Å². The zero-order valence-electron chi connectivity index (χ0n) is 25.4. The number of hydrogen-bond donors (Lipinski definition) is 2. The summed E-state index contributed by atoms with van der Waals surface area (Å²) in [6.45, 7) is 25.4. The Morgan fingerprint density at radius 2 is 2.00 bits per heavy atom. The summed E-state index contributed by atoms with van der Waals surface area (Å²) in [6, 6.07) is 3.67. The van der Waals surface area contributed by atoms with E-state index in [0.717, 1.165) is 59.4 Å². The van der Waals surface area contributed by atoms with Gasteiger partial charge in [0.2, 0.25) is 0 Å². The molecule has 1 fully saturated rings. The molecule has 0 bridgehead atoms. The first-order valence-electron chi connectivity index (χ1n) is 14.4. The second-order valence-electron chi connectivity index (χ2n) is 11.0. The highest BCUT2D eigenvalue weighted by atomic mass is 16.6. The van der Waals surface area contributed by atoms with Crippen LogP contribution in [0.3, 0.4) is 0 Å². The molecule has 1 heterocycles. The highest BCUT2D eigenvalue weighted by molar-refractivity contribution is 5.95. The van der Waals surface area contributed by atoms with Crippen LogP contribution in [0.4, 0.5) is 0 Å². The van der Waals surface area contributed by atoms with Gasteiger partial charge in [-0.15, -0.1) is 0 Å². The van der Waals surface area contributed by atoms with Gasteiger partial charge < -0.3 is 14.4 Å². The van der Waals surface area contributed by atoms with E-state index in [9.17, 15) is 9.59 Å². The quantitative estimate of drug-likeness (QED) is 0.147. The first-order chi connectivity index (χ1) is 18.9. The Morgan fingerprint density at radius 1 is 1.27 bits per heavy atom. The molecule has 0 saturated carbocycles. The highest BCUT2D eigenvalue weighted by Gasteiger charge is 2.22. The van der Waals surface area contributed by atoms with E-state index in [1.807, 2.05) is 46.9 Å². The van der Waals surface area contributed by atoms with Gasteiger partial charge in [0.05, 0.1) is 0 Å². The third kappa shape index (κ3) is 9.79. The van der Waals surface area contributed by atoms with Gasteiger partial charge in [-0.25, -0.2) is 10.2 Å². The van der Waals surface area contributed by atoms with Crippen LogP contribution in [0.5, 0.6) is 0 Å². The molecule has 0 aliphatic carbocycles. The predicted octanol–water partition coefficient (Wildman–Crippen LogP) is 5.00. The second-order valence-corrected chi connectivity index (χ2v) is 11.0. The molecular formula is C33H49N3O4. The Bertz CT molecular complexity index is 1200. The highest BCUT2D eigenvalue weighted by Crippen LogP contribution is 2.21. The van der Waals surface area contributed by atoms with E-state index in [2.05, 4.69) is 42.4 Å². The number of nitrogens with zero attached hydrogens (tertiary/aromatic N) is 1. The molecule has 1 saturated heterocycles. The van der Waals surface area contributed by atoms with Crippen LogP contribution in [0.2, 0.25) is 0 Å². The minimum Gasteiger partial charge on any atom is -0.452 e. The van der Waals surface area contributed by atoms with Crippen LogP contribution in [0.25, 0.3) is 12.8 Å². The molecule has 220 valence electrons. The van der Waals surface area contributed by atoms with Crippen molar-refractivity contribution >= 4 is 24.7 Å². The average Bonchev–Trinajstić information content (AvgIpc) is 2.92. The van der Waals surface area contributed by atoms with Gasteiger partial charge in [0.15, 0.2) is 0 Å². The minimum absolute atomic E-state index is 0.168. The van der Waals surface area contributed by atoms with Gasteiger partial charge in [0.25, 0.3) is 5.91 Å². The Hall–Kier alpha value is -3.16. The molecule has 1 aliphatic rings. The summed E-state index contributed by atoms with van der Waals surface area (Å²) >= 11 is 0. The van der Waals surface area contributed by atoms with Gasteiger partial charge in [-0.3, -0.25) is 10.2 Å². The lowest BCUT2D eigenvalue weighted by Crippen LogP contribution is -2.47. The summed E-state index contributed by atoms with van der Waals surface area (Å²) in [4.78, 5) is 27.6. The van der Waals surface area contributed by atoms with Gasteiger partial charge in [0, 0.05) is 41.9 Å². The molecule has 1 amide bonds. The topological polar surface area (TPSA) is 79.9 Å². The number of ether oxygens (including phenoxy) is 2. The van der Waals surface area contributed by atoms with Gasteiger partial charge >= 0.3 is 5.97 Å². The first-order valence-corrected chi connectivity index (χ1v) is 14.4. The fourth-order valence-corrected chi connectivity index (χ4v) is 4.60. The number of rotatable bonds is 14. The Kier molecular flexibility index (Phi) is 12.9. The van der Waals surface area contributed by atoms with E-state index < -0.39 is 5.60 Å². The molecule has 2 N–H and O–H groups in total. The zero-order valence-corrected chi connectivity index (χ0v) is 25.4. The average molecular weight is 552 g/mol. The molecular weight excluding hydrogens is 502 g/mol.